The average Bonchev–Trinajstić information content (AvgIpc) is 2.39. The first-order valence-corrected chi connectivity index (χ1v) is 6.72. The maximum atomic E-state index is 5.89. The number of rotatable bonds is 4. The molecule has 0 heterocycles. The SMILES string of the molecule is COc1cccc(Oc2cc(Br)ccc2CCl)c1. The Morgan fingerprint density at radius 3 is 2.61 bits per heavy atom. The molecule has 0 atom stereocenters. The molecule has 0 saturated carbocycles. The first kappa shape index (κ1) is 13.2. The highest BCUT2D eigenvalue weighted by atomic mass is 79.9. The van der Waals surface area contributed by atoms with E-state index in [0.29, 0.717) is 5.88 Å². The molecule has 0 aliphatic heterocycles. The van der Waals surface area contributed by atoms with Crippen molar-refractivity contribution in [3.8, 4) is 17.2 Å². The lowest BCUT2D eigenvalue weighted by Crippen LogP contribution is -1.90. The maximum Gasteiger partial charge on any atom is 0.132 e. The van der Waals surface area contributed by atoms with E-state index in [9.17, 15) is 0 Å². The summed E-state index contributed by atoms with van der Waals surface area (Å²) in [5.41, 5.74) is 0.947. The standard InChI is InChI=1S/C14H12BrClO2/c1-17-12-3-2-4-13(8-12)18-14-7-11(15)6-5-10(14)9-16/h2-8H,9H2,1H3. The minimum atomic E-state index is 0.409. The minimum Gasteiger partial charge on any atom is -0.497 e. The first-order valence-electron chi connectivity index (χ1n) is 5.39. The molecule has 94 valence electrons. The van der Waals surface area contributed by atoms with E-state index in [1.54, 1.807) is 7.11 Å². The van der Waals surface area contributed by atoms with Gasteiger partial charge in [0.2, 0.25) is 0 Å². The number of hydrogen-bond donors (Lipinski definition) is 0. The van der Waals surface area contributed by atoms with Crippen LogP contribution in [0.5, 0.6) is 17.2 Å². The van der Waals surface area contributed by atoms with Gasteiger partial charge < -0.3 is 9.47 Å². The average molecular weight is 328 g/mol. The number of hydrogen-bond acceptors (Lipinski definition) is 2. The van der Waals surface area contributed by atoms with Crippen molar-refractivity contribution in [3.63, 3.8) is 0 Å². The summed E-state index contributed by atoms with van der Waals surface area (Å²) >= 11 is 9.31. The highest BCUT2D eigenvalue weighted by Gasteiger charge is 2.06. The fourth-order valence-electron chi connectivity index (χ4n) is 1.53. The molecule has 18 heavy (non-hydrogen) atoms. The van der Waals surface area contributed by atoms with E-state index in [0.717, 1.165) is 27.3 Å². The Bertz CT molecular complexity index is 543. The predicted octanol–water partition coefficient (Wildman–Crippen LogP) is 4.99. The Balaban J connectivity index is 2.29. The Morgan fingerprint density at radius 2 is 1.89 bits per heavy atom. The molecular formula is C14H12BrClO2. The summed E-state index contributed by atoms with van der Waals surface area (Å²) in [7, 11) is 1.63. The normalized spacial score (nSPS) is 10.2. The summed E-state index contributed by atoms with van der Waals surface area (Å²) in [6, 6.07) is 13.2. The molecule has 2 aromatic rings. The summed E-state index contributed by atoms with van der Waals surface area (Å²) in [5.74, 6) is 2.63. The van der Waals surface area contributed by atoms with Crippen LogP contribution < -0.4 is 9.47 Å². The maximum absolute atomic E-state index is 5.89. The van der Waals surface area contributed by atoms with E-state index in [-0.39, 0.29) is 0 Å². The zero-order valence-electron chi connectivity index (χ0n) is 9.82. The molecule has 0 aliphatic rings. The van der Waals surface area contributed by atoms with Gasteiger partial charge in [-0.25, -0.2) is 0 Å². The summed E-state index contributed by atoms with van der Waals surface area (Å²) in [6.07, 6.45) is 0. The van der Waals surface area contributed by atoms with Crippen LogP contribution in [0.25, 0.3) is 0 Å². The van der Waals surface area contributed by atoms with Crippen molar-refractivity contribution in [1.82, 2.24) is 0 Å². The molecule has 0 fully saturated rings. The van der Waals surface area contributed by atoms with Gasteiger partial charge in [-0.15, -0.1) is 11.6 Å². The summed E-state index contributed by atoms with van der Waals surface area (Å²) in [4.78, 5) is 0. The van der Waals surface area contributed by atoms with Gasteiger partial charge in [-0.1, -0.05) is 28.1 Å². The highest BCUT2D eigenvalue weighted by Crippen LogP contribution is 2.31. The van der Waals surface area contributed by atoms with Crippen molar-refractivity contribution >= 4 is 27.5 Å². The van der Waals surface area contributed by atoms with Gasteiger partial charge >= 0.3 is 0 Å². The van der Waals surface area contributed by atoms with Crippen molar-refractivity contribution < 1.29 is 9.47 Å². The van der Waals surface area contributed by atoms with Crippen LogP contribution in [0.1, 0.15) is 5.56 Å². The largest absolute Gasteiger partial charge is 0.497 e. The smallest absolute Gasteiger partial charge is 0.132 e. The highest BCUT2D eigenvalue weighted by molar-refractivity contribution is 9.10. The van der Waals surface area contributed by atoms with Crippen molar-refractivity contribution in [3.05, 3.63) is 52.5 Å². The van der Waals surface area contributed by atoms with E-state index >= 15 is 0 Å². The number of benzene rings is 2. The second kappa shape index (κ2) is 6.12. The van der Waals surface area contributed by atoms with Gasteiger partial charge in [0.1, 0.15) is 17.2 Å². The molecule has 0 unspecified atom stereocenters. The molecule has 0 radical (unpaired) electrons. The number of ether oxygens (including phenoxy) is 2. The lowest BCUT2D eigenvalue weighted by molar-refractivity contribution is 0.408. The van der Waals surface area contributed by atoms with Gasteiger partial charge in [0, 0.05) is 16.1 Å². The van der Waals surface area contributed by atoms with Crippen LogP contribution in [0.3, 0.4) is 0 Å². The van der Waals surface area contributed by atoms with Crippen LogP contribution in [0.15, 0.2) is 46.9 Å². The second-order valence-electron chi connectivity index (χ2n) is 3.67. The van der Waals surface area contributed by atoms with Gasteiger partial charge in [0.05, 0.1) is 13.0 Å². The van der Waals surface area contributed by atoms with Gasteiger partial charge in [0.25, 0.3) is 0 Å². The molecule has 0 N–H and O–H groups in total. The van der Waals surface area contributed by atoms with Crippen molar-refractivity contribution in [2.24, 2.45) is 0 Å². The predicted molar refractivity (Wildman–Crippen MR) is 76.8 cm³/mol. The van der Waals surface area contributed by atoms with Crippen LogP contribution >= 0.6 is 27.5 Å². The first-order chi connectivity index (χ1) is 8.72. The molecule has 0 saturated heterocycles. The molecule has 0 aliphatic carbocycles. The molecule has 0 amide bonds. The van der Waals surface area contributed by atoms with Crippen molar-refractivity contribution in [2.45, 2.75) is 5.88 Å². The Morgan fingerprint density at radius 1 is 1.11 bits per heavy atom. The second-order valence-corrected chi connectivity index (χ2v) is 4.85. The summed E-state index contributed by atoms with van der Waals surface area (Å²) < 4.78 is 11.9. The zero-order valence-corrected chi connectivity index (χ0v) is 12.2. The van der Waals surface area contributed by atoms with E-state index in [1.807, 2.05) is 42.5 Å². The van der Waals surface area contributed by atoms with Crippen molar-refractivity contribution in [1.29, 1.82) is 0 Å². The molecule has 2 aromatic carbocycles. The number of halogens is 2. The molecule has 2 nitrogen and oxygen atoms in total. The van der Waals surface area contributed by atoms with Gasteiger partial charge in [0.15, 0.2) is 0 Å². The van der Waals surface area contributed by atoms with Gasteiger partial charge in [-0.2, -0.15) is 0 Å². The number of alkyl halides is 1. The monoisotopic (exact) mass is 326 g/mol. The van der Waals surface area contributed by atoms with Crippen LogP contribution in [0.4, 0.5) is 0 Å². The third-order valence-corrected chi connectivity index (χ3v) is 3.22. The lowest BCUT2D eigenvalue weighted by Gasteiger charge is -2.11. The molecule has 0 aromatic heterocycles. The molecule has 2 rings (SSSR count). The Labute approximate surface area is 120 Å². The van der Waals surface area contributed by atoms with Crippen LogP contribution in [-0.4, -0.2) is 7.11 Å². The quantitative estimate of drug-likeness (QED) is 0.737. The van der Waals surface area contributed by atoms with Crippen molar-refractivity contribution in [2.75, 3.05) is 7.11 Å². The van der Waals surface area contributed by atoms with E-state index < -0.39 is 0 Å². The topological polar surface area (TPSA) is 18.5 Å². The molecule has 0 bridgehead atoms. The zero-order chi connectivity index (χ0) is 13.0. The summed E-state index contributed by atoms with van der Waals surface area (Å²) in [6.45, 7) is 0. The Hall–Kier alpha value is -1.19. The number of methoxy groups -OCH3 is 1. The third kappa shape index (κ3) is 3.18. The fourth-order valence-corrected chi connectivity index (χ4v) is 2.09. The third-order valence-electron chi connectivity index (χ3n) is 2.44. The van der Waals surface area contributed by atoms with Crippen LogP contribution in [0.2, 0.25) is 0 Å². The minimum absolute atomic E-state index is 0.409. The van der Waals surface area contributed by atoms with Crippen LogP contribution in [0, 0.1) is 0 Å². The molecule has 0 spiro atoms. The molecule has 4 heteroatoms. The van der Waals surface area contributed by atoms with E-state index in [4.69, 9.17) is 21.1 Å². The van der Waals surface area contributed by atoms with Gasteiger partial charge in [-0.05, 0) is 24.3 Å². The molecular weight excluding hydrogens is 316 g/mol. The Kier molecular flexibility index (Phi) is 4.50. The van der Waals surface area contributed by atoms with Gasteiger partial charge in [-0.3, -0.25) is 0 Å². The van der Waals surface area contributed by atoms with E-state index in [2.05, 4.69) is 15.9 Å². The summed E-state index contributed by atoms with van der Waals surface area (Å²) in [5, 5.41) is 0. The lowest BCUT2D eigenvalue weighted by atomic mass is 10.2. The van der Waals surface area contributed by atoms with Crippen LogP contribution in [-0.2, 0) is 5.88 Å². The fraction of sp³-hybridized carbons (Fsp3) is 0.143. The van der Waals surface area contributed by atoms with E-state index in [1.165, 1.54) is 0 Å².